The zero-order valence-corrected chi connectivity index (χ0v) is 8.36. The fourth-order valence-corrected chi connectivity index (χ4v) is 5.94. The molecule has 0 aromatic rings. The van der Waals surface area contributed by atoms with Crippen LogP contribution in [0.4, 0.5) is 0 Å². The molecule has 0 saturated carbocycles. The predicted octanol–water partition coefficient (Wildman–Crippen LogP) is 3.54. The zero-order valence-electron chi connectivity index (χ0n) is 5.10. The van der Waals surface area contributed by atoms with Crippen LogP contribution >= 0.6 is 43.2 Å². The third kappa shape index (κ3) is 1.55. The van der Waals surface area contributed by atoms with E-state index in [4.69, 9.17) is 0 Å². The highest BCUT2D eigenvalue weighted by atomic mass is 33.1. The van der Waals surface area contributed by atoms with Gasteiger partial charge < -0.3 is 0 Å². The summed E-state index contributed by atoms with van der Waals surface area (Å²) in [6.07, 6.45) is 4.59. The standard InChI is InChI=1S/C6H6S4/c1-3-7-9-5(1)6-2-4-8-10-6/h1-6H. The van der Waals surface area contributed by atoms with Crippen molar-refractivity contribution in [3.8, 4) is 0 Å². The lowest BCUT2D eigenvalue weighted by Crippen LogP contribution is -2.09. The molecule has 0 aliphatic carbocycles. The predicted molar refractivity (Wildman–Crippen MR) is 56.2 cm³/mol. The van der Waals surface area contributed by atoms with Crippen molar-refractivity contribution < 1.29 is 0 Å². The van der Waals surface area contributed by atoms with Crippen LogP contribution in [0.25, 0.3) is 0 Å². The SMILES string of the molecule is C1=CC(C2C=CSS2)SS1. The fourth-order valence-electron chi connectivity index (χ4n) is 0.804. The number of hydrogen-bond donors (Lipinski definition) is 0. The van der Waals surface area contributed by atoms with Gasteiger partial charge in [-0.1, -0.05) is 55.3 Å². The van der Waals surface area contributed by atoms with E-state index < -0.39 is 0 Å². The van der Waals surface area contributed by atoms with Crippen LogP contribution in [-0.2, 0) is 0 Å². The van der Waals surface area contributed by atoms with E-state index in [1.54, 1.807) is 0 Å². The van der Waals surface area contributed by atoms with E-state index in [1.165, 1.54) is 0 Å². The smallest absolute Gasteiger partial charge is 0.0505 e. The minimum Gasteiger partial charge on any atom is -0.0804 e. The first-order valence-corrected chi connectivity index (χ1v) is 7.50. The number of rotatable bonds is 1. The lowest BCUT2D eigenvalue weighted by atomic mass is 10.3. The Bertz CT molecular complexity index is 155. The van der Waals surface area contributed by atoms with Crippen molar-refractivity contribution in [2.45, 2.75) is 10.5 Å². The minimum absolute atomic E-state index is 0.709. The lowest BCUT2D eigenvalue weighted by molar-refractivity contribution is 1.12. The minimum atomic E-state index is 0.709. The van der Waals surface area contributed by atoms with E-state index in [0.29, 0.717) is 10.5 Å². The quantitative estimate of drug-likeness (QED) is 0.602. The zero-order chi connectivity index (χ0) is 6.81. The Labute approximate surface area is 76.5 Å². The molecule has 0 amide bonds. The van der Waals surface area contributed by atoms with Gasteiger partial charge in [-0.05, 0) is 10.8 Å². The molecule has 2 unspecified atom stereocenters. The van der Waals surface area contributed by atoms with Crippen LogP contribution in [0.3, 0.4) is 0 Å². The van der Waals surface area contributed by atoms with Crippen LogP contribution in [0.2, 0.25) is 0 Å². The van der Waals surface area contributed by atoms with Gasteiger partial charge >= 0.3 is 0 Å². The van der Waals surface area contributed by atoms with E-state index in [1.807, 2.05) is 43.2 Å². The molecule has 54 valence electrons. The summed E-state index contributed by atoms with van der Waals surface area (Å²) >= 11 is 0. The molecule has 0 nitrogen and oxygen atoms in total. The Hall–Kier alpha value is 0.880. The highest BCUT2D eigenvalue weighted by molar-refractivity contribution is 8.80. The molecule has 0 aromatic heterocycles. The second kappa shape index (κ2) is 3.52. The highest BCUT2D eigenvalue weighted by Gasteiger charge is 2.23. The van der Waals surface area contributed by atoms with Crippen LogP contribution < -0.4 is 0 Å². The van der Waals surface area contributed by atoms with Gasteiger partial charge in [0.2, 0.25) is 0 Å². The summed E-state index contributed by atoms with van der Waals surface area (Å²) in [5.41, 5.74) is 0. The van der Waals surface area contributed by atoms with Gasteiger partial charge in [0, 0.05) is 0 Å². The average molecular weight is 206 g/mol. The van der Waals surface area contributed by atoms with Crippen LogP contribution in [0.1, 0.15) is 0 Å². The summed E-state index contributed by atoms with van der Waals surface area (Å²) in [5.74, 6) is 0. The van der Waals surface area contributed by atoms with Crippen molar-refractivity contribution in [1.29, 1.82) is 0 Å². The molecule has 2 atom stereocenters. The Morgan fingerprint density at radius 1 is 0.800 bits per heavy atom. The van der Waals surface area contributed by atoms with Gasteiger partial charge in [0.1, 0.15) is 0 Å². The van der Waals surface area contributed by atoms with Gasteiger partial charge in [0.05, 0.1) is 10.5 Å². The van der Waals surface area contributed by atoms with E-state index in [0.717, 1.165) is 0 Å². The van der Waals surface area contributed by atoms with E-state index in [2.05, 4.69) is 23.0 Å². The molecule has 0 fully saturated rings. The van der Waals surface area contributed by atoms with Crippen molar-refractivity contribution in [3.05, 3.63) is 23.0 Å². The third-order valence-electron chi connectivity index (χ3n) is 1.30. The summed E-state index contributed by atoms with van der Waals surface area (Å²) in [4.78, 5) is 0. The molecule has 2 aliphatic heterocycles. The third-order valence-corrected chi connectivity index (χ3v) is 6.25. The van der Waals surface area contributed by atoms with Gasteiger partial charge in [-0.2, -0.15) is 0 Å². The second-order valence-electron chi connectivity index (χ2n) is 1.97. The van der Waals surface area contributed by atoms with E-state index in [-0.39, 0.29) is 0 Å². The maximum absolute atomic E-state index is 2.29. The molecule has 2 aliphatic rings. The maximum Gasteiger partial charge on any atom is 0.0505 e. The Morgan fingerprint density at radius 2 is 1.30 bits per heavy atom. The summed E-state index contributed by atoms with van der Waals surface area (Å²) < 4.78 is 0. The molecule has 0 saturated heterocycles. The van der Waals surface area contributed by atoms with Crippen LogP contribution in [-0.4, -0.2) is 10.5 Å². The Morgan fingerprint density at radius 3 is 1.60 bits per heavy atom. The average Bonchev–Trinajstić information content (AvgIpc) is 2.59. The first kappa shape index (κ1) is 7.53. The molecule has 0 radical (unpaired) electrons. The molecular weight excluding hydrogens is 200 g/mol. The molecule has 0 bridgehead atoms. The molecule has 2 heterocycles. The second-order valence-corrected chi connectivity index (χ2v) is 6.68. The van der Waals surface area contributed by atoms with Crippen molar-refractivity contribution in [1.82, 2.24) is 0 Å². The summed E-state index contributed by atoms with van der Waals surface area (Å²) in [5, 5.41) is 5.79. The lowest BCUT2D eigenvalue weighted by Gasteiger charge is -2.10. The fraction of sp³-hybridized carbons (Fsp3) is 0.333. The van der Waals surface area contributed by atoms with Gasteiger partial charge in [0.25, 0.3) is 0 Å². The number of hydrogen-bond acceptors (Lipinski definition) is 4. The van der Waals surface area contributed by atoms with Crippen molar-refractivity contribution >= 4 is 43.2 Å². The van der Waals surface area contributed by atoms with Gasteiger partial charge in [-0.3, -0.25) is 0 Å². The van der Waals surface area contributed by atoms with Gasteiger partial charge in [-0.25, -0.2) is 0 Å². The highest BCUT2D eigenvalue weighted by Crippen LogP contribution is 2.46. The van der Waals surface area contributed by atoms with Crippen molar-refractivity contribution in [2.75, 3.05) is 0 Å². The molecule has 0 aromatic carbocycles. The monoisotopic (exact) mass is 206 g/mol. The molecule has 2 rings (SSSR count). The van der Waals surface area contributed by atoms with Crippen LogP contribution in [0, 0.1) is 0 Å². The molecule has 4 heteroatoms. The Balaban J connectivity index is 1.98. The summed E-state index contributed by atoms with van der Waals surface area (Å²) in [6.45, 7) is 0. The maximum atomic E-state index is 2.29. The van der Waals surface area contributed by atoms with Crippen molar-refractivity contribution in [2.24, 2.45) is 0 Å². The first-order valence-electron chi connectivity index (χ1n) is 2.94. The van der Waals surface area contributed by atoms with Crippen LogP contribution in [0.5, 0.6) is 0 Å². The van der Waals surface area contributed by atoms with Crippen LogP contribution in [0.15, 0.2) is 23.0 Å². The molecule has 10 heavy (non-hydrogen) atoms. The largest absolute Gasteiger partial charge is 0.0804 e. The summed E-state index contributed by atoms with van der Waals surface area (Å²) in [6, 6.07) is 0. The van der Waals surface area contributed by atoms with E-state index in [9.17, 15) is 0 Å². The Kier molecular flexibility index (Phi) is 2.65. The van der Waals surface area contributed by atoms with E-state index >= 15 is 0 Å². The van der Waals surface area contributed by atoms with Gasteiger partial charge in [0.15, 0.2) is 0 Å². The first-order chi connectivity index (χ1) is 4.97. The van der Waals surface area contributed by atoms with Crippen molar-refractivity contribution in [3.63, 3.8) is 0 Å². The normalized spacial score (nSPS) is 37.6. The topological polar surface area (TPSA) is 0 Å². The molecular formula is C6H6S4. The molecule has 0 spiro atoms. The molecule has 0 N–H and O–H groups in total. The summed E-state index contributed by atoms with van der Waals surface area (Å²) in [7, 11) is 7.62. The van der Waals surface area contributed by atoms with Gasteiger partial charge in [-0.15, -0.1) is 0 Å².